The van der Waals surface area contributed by atoms with Crippen LogP contribution < -0.4 is 0 Å². The second-order valence-electron chi connectivity index (χ2n) is 9.91. The standard InChI is InChI=1S/C25H42N2Si/c1-18(2)14-15-22-12-11-13-24-25(22)23(16-26(9)10)17-27(24)28(19(3)4,20(5)6)21(7)8/h11-14,17,19-21H,15-16H2,1-10H3. The molecule has 0 atom stereocenters. The molecule has 0 bridgehead atoms. The lowest BCUT2D eigenvalue weighted by Crippen LogP contribution is -2.51. The third-order valence-electron chi connectivity index (χ3n) is 6.40. The molecule has 0 amide bonds. The van der Waals surface area contributed by atoms with Gasteiger partial charge >= 0.3 is 0 Å². The Kier molecular flexibility index (Phi) is 7.38. The highest BCUT2D eigenvalue weighted by Gasteiger charge is 2.46. The second-order valence-corrected chi connectivity index (χ2v) is 15.6. The van der Waals surface area contributed by atoms with E-state index in [-0.39, 0.29) is 0 Å². The Morgan fingerprint density at radius 3 is 2.00 bits per heavy atom. The fourth-order valence-electron chi connectivity index (χ4n) is 5.55. The number of aromatic nitrogens is 1. The Morgan fingerprint density at radius 1 is 0.964 bits per heavy atom. The molecule has 0 aliphatic heterocycles. The Labute approximate surface area is 174 Å². The van der Waals surface area contributed by atoms with Crippen LogP contribution in [-0.4, -0.2) is 31.5 Å². The Bertz CT molecular complexity index is 799. The Hall–Kier alpha value is -1.32. The molecular formula is C25H42N2Si. The third-order valence-corrected chi connectivity index (χ3v) is 13.2. The summed E-state index contributed by atoms with van der Waals surface area (Å²) in [4.78, 5) is 2.31. The highest BCUT2D eigenvalue weighted by Crippen LogP contribution is 2.45. The molecule has 2 nitrogen and oxygen atoms in total. The molecule has 0 aliphatic rings. The van der Waals surface area contributed by atoms with Crippen LogP contribution in [0.25, 0.3) is 10.9 Å². The van der Waals surface area contributed by atoms with E-state index in [0.29, 0.717) is 16.6 Å². The zero-order chi connectivity index (χ0) is 21.2. The molecular weight excluding hydrogens is 356 g/mol. The summed E-state index contributed by atoms with van der Waals surface area (Å²) in [6.45, 7) is 20.1. The van der Waals surface area contributed by atoms with Crippen LogP contribution in [0.3, 0.4) is 0 Å². The van der Waals surface area contributed by atoms with Crippen molar-refractivity contribution in [3.8, 4) is 0 Å². The molecule has 0 fully saturated rings. The van der Waals surface area contributed by atoms with Gasteiger partial charge in [-0.1, -0.05) is 65.3 Å². The normalized spacial score (nSPS) is 12.8. The number of benzene rings is 1. The van der Waals surface area contributed by atoms with Gasteiger partial charge in [-0.25, -0.2) is 0 Å². The van der Waals surface area contributed by atoms with Gasteiger partial charge in [0.1, 0.15) is 0 Å². The molecule has 1 aromatic heterocycles. The molecule has 0 saturated heterocycles. The van der Waals surface area contributed by atoms with Crippen molar-refractivity contribution < 1.29 is 0 Å². The van der Waals surface area contributed by atoms with Gasteiger partial charge in [0.2, 0.25) is 0 Å². The van der Waals surface area contributed by atoms with Crippen molar-refractivity contribution in [2.24, 2.45) is 0 Å². The molecule has 0 unspecified atom stereocenters. The van der Waals surface area contributed by atoms with Gasteiger partial charge in [-0.15, -0.1) is 0 Å². The summed E-state index contributed by atoms with van der Waals surface area (Å²) in [5, 5.41) is 1.49. The van der Waals surface area contributed by atoms with Crippen molar-refractivity contribution in [2.45, 2.75) is 85.0 Å². The fourth-order valence-corrected chi connectivity index (χ4v) is 12.2. The van der Waals surface area contributed by atoms with Gasteiger partial charge in [-0.2, -0.15) is 0 Å². The van der Waals surface area contributed by atoms with E-state index in [2.05, 4.69) is 109 Å². The minimum atomic E-state index is -1.78. The van der Waals surface area contributed by atoms with Gasteiger partial charge in [-0.3, -0.25) is 0 Å². The van der Waals surface area contributed by atoms with Crippen LogP contribution in [-0.2, 0) is 13.0 Å². The summed E-state index contributed by atoms with van der Waals surface area (Å²) in [5.41, 5.74) is 7.87. The van der Waals surface area contributed by atoms with Crippen molar-refractivity contribution in [2.75, 3.05) is 14.1 Å². The first-order chi connectivity index (χ1) is 13.0. The molecule has 0 spiro atoms. The fraction of sp³-hybridized carbons (Fsp3) is 0.600. The van der Waals surface area contributed by atoms with Crippen molar-refractivity contribution >= 4 is 19.1 Å². The Morgan fingerprint density at radius 2 is 1.54 bits per heavy atom. The number of rotatable bonds is 8. The Balaban J connectivity index is 2.87. The van der Waals surface area contributed by atoms with E-state index in [4.69, 9.17) is 0 Å². The van der Waals surface area contributed by atoms with E-state index >= 15 is 0 Å². The SMILES string of the molecule is CC(C)=CCc1cccc2c1c(CN(C)C)cn2[Si](C(C)C)(C(C)C)C(C)C. The number of hydrogen-bond donors (Lipinski definition) is 0. The lowest BCUT2D eigenvalue weighted by molar-refractivity contribution is 0.404. The molecule has 156 valence electrons. The summed E-state index contributed by atoms with van der Waals surface area (Å²) in [6, 6.07) is 6.97. The van der Waals surface area contributed by atoms with Crippen LogP contribution in [0.4, 0.5) is 0 Å². The second kappa shape index (κ2) is 9.00. The third kappa shape index (κ3) is 4.16. The highest BCUT2D eigenvalue weighted by atomic mass is 28.3. The number of allylic oxidation sites excluding steroid dienone is 2. The van der Waals surface area contributed by atoms with Crippen LogP contribution in [0.15, 0.2) is 36.0 Å². The van der Waals surface area contributed by atoms with Crippen LogP contribution in [0.5, 0.6) is 0 Å². The first kappa shape index (κ1) is 23.0. The summed E-state index contributed by atoms with van der Waals surface area (Å²) in [5.74, 6) is 0. The molecule has 28 heavy (non-hydrogen) atoms. The molecule has 1 heterocycles. The van der Waals surface area contributed by atoms with Gasteiger partial charge < -0.3 is 9.13 Å². The maximum atomic E-state index is 2.78. The lowest BCUT2D eigenvalue weighted by atomic mass is 10.0. The molecule has 0 radical (unpaired) electrons. The topological polar surface area (TPSA) is 8.17 Å². The summed E-state index contributed by atoms with van der Waals surface area (Å²) in [6.07, 6.45) is 5.91. The predicted octanol–water partition coefficient (Wildman–Crippen LogP) is 7.24. The number of fused-ring (bicyclic) bond motifs is 1. The maximum Gasteiger partial charge on any atom is 0.169 e. The zero-order valence-corrected chi connectivity index (χ0v) is 20.9. The van der Waals surface area contributed by atoms with E-state index in [0.717, 1.165) is 13.0 Å². The molecule has 2 rings (SSSR count). The first-order valence-electron chi connectivity index (χ1n) is 10.9. The van der Waals surface area contributed by atoms with Crippen LogP contribution >= 0.6 is 0 Å². The largest absolute Gasteiger partial charge is 0.373 e. The van der Waals surface area contributed by atoms with Gasteiger partial charge in [0, 0.05) is 23.6 Å². The first-order valence-corrected chi connectivity index (χ1v) is 13.1. The van der Waals surface area contributed by atoms with Crippen molar-refractivity contribution in [1.29, 1.82) is 0 Å². The minimum Gasteiger partial charge on any atom is -0.373 e. The lowest BCUT2D eigenvalue weighted by Gasteiger charge is -2.44. The molecule has 1 aromatic carbocycles. The summed E-state index contributed by atoms with van der Waals surface area (Å²) < 4.78 is 2.78. The van der Waals surface area contributed by atoms with E-state index in [9.17, 15) is 0 Å². The van der Waals surface area contributed by atoms with Crippen molar-refractivity contribution in [3.05, 3.63) is 47.2 Å². The van der Waals surface area contributed by atoms with Gasteiger partial charge in [0.15, 0.2) is 8.24 Å². The number of hydrogen-bond acceptors (Lipinski definition) is 1. The molecule has 0 N–H and O–H groups in total. The van der Waals surface area contributed by atoms with E-state index < -0.39 is 8.24 Å². The molecule has 0 aliphatic carbocycles. The zero-order valence-electron chi connectivity index (χ0n) is 19.9. The minimum absolute atomic E-state index is 0.691. The van der Waals surface area contributed by atoms with Crippen LogP contribution in [0.1, 0.15) is 66.5 Å². The molecule has 2 aromatic rings. The van der Waals surface area contributed by atoms with Crippen LogP contribution in [0.2, 0.25) is 16.6 Å². The average molecular weight is 399 g/mol. The van der Waals surface area contributed by atoms with Crippen molar-refractivity contribution in [3.63, 3.8) is 0 Å². The smallest absolute Gasteiger partial charge is 0.169 e. The molecule has 0 saturated carbocycles. The monoisotopic (exact) mass is 398 g/mol. The highest BCUT2D eigenvalue weighted by molar-refractivity contribution is 6.82. The molecule has 3 heteroatoms. The summed E-state index contributed by atoms with van der Waals surface area (Å²) >= 11 is 0. The van der Waals surface area contributed by atoms with Crippen molar-refractivity contribution in [1.82, 2.24) is 9.13 Å². The van der Waals surface area contributed by atoms with E-state index in [1.165, 1.54) is 27.6 Å². The summed E-state index contributed by atoms with van der Waals surface area (Å²) in [7, 11) is 2.58. The van der Waals surface area contributed by atoms with Gasteiger partial charge in [0.05, 0.1) is 0 Å². The van der Waals surface area contributed by atoms with E-state index in [1.807, 2.05) is 0 Å². The number of nitrogens with zero attached hydrogens (tertiary/aromatic N) is 2. The average Bonchev–Trinajstić information content (AvgIpc) is 2.91. The van der Waals surface area contributed by atoms with Crippen LogP contribution in [0, 0.1) is 0 Å². The van der Waals surface area contributed by atoms with E-state index in [1.54, 1.807) is 0 Å². The quantitative estimate of drug-likeness (QED) is 0.336. The van der Waals surface area contributed by atoms with Gasteiger partial charge in [-0.05, 0) is 68.2 Å². The predicted molar refractivity (Wildman–Crippen MR) is 129 cm³/mol. The van der Waals surface area contributed by atoms with Gasteiger partial charge in [0.25, 0.3) is 0 Å². The maximum absolute atomic E-state index is 2.78.